The summed E-state index contributed by atoms with van der Waals surface area (Å²) in [5, 5.41) is 0. The maximum absolute atomic E-state index is 5.70. The molecule has 1 heteroatoms. The highest BCUT2D eigenvalue weighted by Gasteiger charge is 2.30. The van der Waals surface area contributed by atoms with Crippen molar-refractivity contribution in [2.75, 3.05) is 7.11 Å². The van der Waals surface area contributed by atoms with Crippen LogP contribution in [0.3, 0.4) is 0 Å². The fourth-order valence-corrected chi connectivity index (χ4v) is 3.95. The molecule has 0 fully saturated rings. The molecular weight excluding hydrogens is 268 g/mol. The summed E-state index contributed by atoms with van der Waals surface area (Å²) >= 11 is 0. The molecule has 0 aromatic heterocycles. The lowest BCUT2D eigenvalue weighted by Crippen LogP contribution is -2.19. The first-order chi connectivity index (χ1) is 10.4. The van der Waals surface area contributed by atoms with Gasteiger partial charge in [0.25, 0.3) is 0 Å². The second-order valence-electron chi connectivity index (χ2n) is 7.39. The van der Waals surface area contributed by atoms with Crippen molar-refractivity contribution in [3.63, 3.8) is 0 Å². The van der Waals surface area contributed by atoms with Crippen LogP contribution in [0.2, 0.25) is 0 Å². The topological polar surface area (TPSA) is 9.23 Å². The summed E-state index contributed by atoms with van der Waals surface area (Å²) in [7, 11) is 1.81. The predicted octanol–water partition coefficient (Wildman–Crippen LogP) is 6.37. The molecule has 0 aliphatic heterocycles. The average molecular weight is 300 g/mol. The molecule has 22 heavy (non-hydrogen) atoms. The monoisotopic (exact) mass is 300 g/mol. The molecular formula is C21H32O. The summed E-state index contributed by atoms with van der Waals surface area (Å²) in [6.45, 7) is 11.3. The van der Waals surface area contributed by atoms with Gasteiger partial charge in [0.05, 0.1) is 7.11 Å². The molecule has 0 spiro atoms. The third-order valence-corrected chi connectivity index (χ3v) is 5.20. The van der Waals surface area contributed by atoms with E-state index in [4.69, 9.17) is 4.74 Å². The molecule has 1 aromatic carbocycles. The van der Waals surface area contributed by atoms with Crippen LogP contribution in [-0.4, -0.2) is 7.11 Å². The molecule has 122 valence electrons. The SMILES string of the molecule is COc1cc(C)cc2c1[C@H](C)CC[C@H]2[C@@H](C)CCC=C(C)C. The van der Waals surface area contributed by atoms with Gasteiger partial charge < -0.3 is 4.74 Å². The van der Waals surface area contributed by atoms with Crippen LogP contribution in [0.4, 0.5) is 0 Å². The first kappa shape index (κ1) is 17.1. The molecule has 0 radical (unpaired) electrons. The number of rotatable bonds is 5. The van der Waals surface area contributed by atoms with Gasteiger partial charge in [-0.15, -0.1) is 0 Å². The zero-order valence-electron chi connectivity index (χ0n) is 15.2. The van der Waals surface area contributed by atoms with Gasteiger partial charge in [-0.3, -0.25) is 0 Å². The molecule has 0 heterocycles. The molecule has 0 saturated carbocycles. The second kappa shape index (κ2) is 7.35. The Labute approximate surface area is 136 Å². The Morgan fingerprint density at radius 2 is 2.05 bits per heavy atom. The smallest absolute Gasteiger partial charge is 0.122 e. The number of allylic oxidation sites excluding steroid dienone is 2. The van der Waals surface area contributed by atoms with Crippen molar-refractivity contribution < 1.29 is 4.74 Å². The number of hydrogen-bond acceptors (Lipinski definition) is 1. The van der Waals surface area contributed by atoms with Gasteiger partial charge in [0.1, 0.15) is 5.75 Å². The van der Waals surface area contributed by atoms with Crippen LogP contribution in [0.15, 0.2) is 23.8 Å². The van der Waals surface area contributed by atoms with Gasteiger partial charge in [-0.2, -0.15) is 0 Å². The van der Waals surface area contributed by atoms with Crippen molar-refractivity contribution in [2.24, 2.45) is 5.92 Å². The van der Waals surface area contributed by atoms with Gasteiger partial charge in [0.2, 0.25) is 0 Å². The number of ether oxygens (including phenoxy) is 1. The maximum Gasteiger partial charge on any atom is 0.122 e. The largest absolute Gasteiger partial charge is 0.496 e. The van der Waals surface area contributed by atoms with Crippen molar-refractivity contribution in [3.05, 3.63) is 40.5 Å². The van der Waals surface area contributed by atoms with Gasteiger partial charge in [0, 0.05) is 5.56 Å². The Morgan fingerprint density at radius 3 is 2.68 bits per heavy atom. The highest BCUT2D eigenvalue weighted by molar-refractivity contribution is 5.48. The van der Waals surface area contributed by atoms with E-state index in [0.717, 1.165) is 11.7 Å². The molecule has 0 saturated heterocycles. The standard InChI is InChI=1S/C21H32O/c1-14(2)8-7-9-16(4)18-11-10-17(5)21-19(18)12-15(3)13-20(21)22-6/h8,12-13,16-18H,7,9-11H2,1-6H3/t16-,17+,18-/m0/s1. The quantitative estimate of drug-likeness (QED) is 0.574. The normalized spacial score (nSPS) is 21.9. The van der Waals surface area contributed by atoms with E-state index >= 15 is 0 Å². The fraction of sp³-hybridized carbons (Fsp3) is 0.619. The fourth-order valence-electron chi connectivity index (χ4n) is 3.95. The van der Waals surface area contributed by atoms with Crippen molar-refractivity contribution in [3.8, 4) is 5.75 Å². The van der Waals surface area contributed by atoms with E-state index in [1.165, 1.54) is 42.4 Å². The van der Waals surface area contributed by atoms with Crippen LogP contribution in [0.5, 0.6) is 5.75 Å². The first-order valence-corrected chi connectivity index (χ1v) is 8.75. The van der Waals surface area contributed by atoms with E-state index in [2.05, 4.69) is 52.8 Å². The number of benzene rings is 1. The van der Waals surface area contributed by atoms with Crippen molar-refractivity contribution in [1.29, 1.82) is 0 Å². The van der Waals surface area contributed by atoms with Crippen molar-refractivity contribution in [2.45, 2.75) is 72.1 Å². The Kier molecular flexibility index (Phi) is 5.72. The summed E-state index contributed by atoms with van der Waals surface area (Å²) in [5.41, 5.74) is 5.78. The lowest BCUT2D eigenvalue weighted by Gasteiger charge is -2.35. The van der Waals surface area contributed by atoms with Gasteiger partial charge >= 0.3 is 0 Å². The lowest BCUT2D eigenvalue weighted by atomic mass is 9.71. The molecule has 3 atom stereocenters. The summed E-state index contributed by atoms with van der Waals surface area (Å²) in [4.78, 5) is 0. The molecule has 0 N–H and O–H groups in total. The van der Waals surface area contributed by atoms with Gasteiger partial charge in [-0.05, 0) is 81.4 Å². The van der Waals surface area contributed by atoms with E-state index < -0.39 is 0 Å². The molecule has 0 amide bonds. The molecule has 1 nitrogen and oxygen atoms in total. The van der Waals surface area contributed by atoms with Gasteiger partial charge in [-0.25, -0.2) is 0 Å². The van der Waals surface area contributed by atoms with Gasteiger partial charge in [-0.1, -0.05) is 31.6 Å². The summed E-state index contributed by atoms with van der Waals surface area (Å²) < 4.78 is 5.70. The minimum absolute atomic E-state index is 0.617. The van der Waals surface area contributed by atoms with Crippen molar-refractivity contribution >= 4 is 0 Å². The first-order valence-electron chi connectivity index (χ1n) is 8.75. The van der Waals surface area contributed by atoms with Crippen LogP contribution in [0, 0.1) is 12.8 Å². The van der Waals surface area contributed by atoms with Crippen LogP contribution >= 0.6 is 0 Å². The highest BCUT2D eigenvalue weighted by Crippen LogP contribution is 2.47. The van der Waals surface area contributed by atoms with Crippen LogP contribution < -0.4 is 4.74 Å². The average Bonchev–Trinajstić information content (AvgIpc) is 2.45. The van der Waals surface area contributed by atoms with E-state index in [1.807, 2.05) is 7.11 Å². The van der Waals surface area contributed by atoms with Crippen LogP contribution in [0.1, 0.15) is 81.9 Å². The number of hydrogen-bond donors (Lipinski definition) is 0. The van der Waals surface area contributed by atoms with E-state index in [0.29, 0.717) is 11.8 Å². The van der Waals surface area contributed by atoms with E-state index in [-0.39, 0.29) is 0 Å². The number of fused-ring (bicyclic) bond motifs is 1. The lowest BCUT2D eigenvalue weighted by molar-refractivity contribution is 0.354. The summed E-state index contributed by atoms with van der Waals surface area (Å²) in [6, 6.07) is 4.61. The Balaban J connectivity index is 2.28. The Bertz CT molecular complexity index is 537. The minimum Gasteiger partial charge on any atom is -0.496 e. The van der Waals surface area contributed by atoms with E-state index in [9.17, 15) is 0 Å². The number of methoxy groups -OCH3 is 1. The highest BCUT2D eigenvalue weighted by atomic mass is 16.5. The molecule has 1 aromatic rings. The Morgan fingerprint density at radius 1 is 1.32 bits per heavy atom. The zero-order chi connectivity index (χ0) is 16.3. The third kappa shape index (κ3) is 3.74. The summed E-state index contributed by atoms with van der Waals surface area (Å²) in [5.74, 6) is 3.13. The predicted molar refractivity (Wildman–Crippen MR) is 96.0 cm³/mol. The van der Waals surface area contributed by atoms with Crippen LogP contribution in [0.25, 0.3) is 0 Å². The van der Waals surface area contributed by atoms with Crippen molar-refractivity contribution in [1.82, 2.24) is 0 Å². The number of aryl methyl sites for hydroxylation is 1. The minimum atomic E-state index is 0.617. The second-order valence-corrected chi connectivity index (χ2v) is 7.39. The zero-order valence-corrected chi connectivity index (χ0v) is 15.2. The Hall–Kier alpha value is -1.24. The van der Waals surface area contributed by atoms with E-state index in [1.54, 1.807) is 5.56 Å². The molecule has 2 rings (SSSR count). The van der Waals surface area contributed by atoms with Gasteiger partial charge in [0.15, 0.2) is 0 Å². The third-order valence-electron chi connectivity index (χ3n) is 5.20. The molecule has 0 unspecified atom stereocenters. The molecule has 1 aliphatic carbocycles. The summed E-state index contributed by atoms with van der Waals surface area (Å²) in [6.07, 6.45) is 7.45. The molecule has 0 bridgehead atoms. The molecule has 1 aliphatic rings. The van der Waals surface area contributed by atoms with Crippen LogP contribution in [-0.2, 0) is 0 Å². The maximum atomic E-state index is 5.70.